The maximum absolute atomic E-state index is 9.45. The molecule has 4 N–H and O–H groups in total. The first kappa shape index (κ1) is 32.5. The minimum Gasteiger partial charge on any atom is -0.479 e. The van der Waals surface area contributed by atoms with Crippen LogP contribution in [0.2, 0.25) is 0 Å². The number of rotatable bonds is 21. The number of aliphatic hydroxyl groups is 1. The van der Waals surface area contributed by atoms with E-state index in [1.165, 1.54) is 123 Å². The lowest BCUT2D eigenvalue weighted by molar-refractivity contribution is -0.890. The smallest absolute Gasteiger partial charge is 0.332 e. The van der Waals surface area contributed by atoms with Gasteiger partial charge < -0.3 is 20.4 Å². The summed E-state index contributed by atoms with van der Waals surface area (Å²) >= 11 is 0. The molecule has 1 unspecified atom stereocenters. The molecule has 0 amide bonds. The monoisotopic (exact) mass is 445 g/mol. The third-order valence-corrected chi connectivity index (χ3v) is 5.94. The first-order valence-corrected chi connectivity index (χ1v) is 13.2. The molecule has 0 saturated carbocycles. The maximum Gasteiger partial charge on any atom is 0.332 e. The van der Waals surface area contributed by atoms with E-state index in [9.17, 15) is 4.79 Å². The number of hydrogen-bond donors (Lipinski definition) is 3. The van der Waals surface area contributed by atoms with Gasteiger partial charge in [-0.25, -0.2) is 4.79 Å². The molecule has 31 heavy (non-hydrogen) atoms. The summed E-state index contributed by atoms with van der Waals surface area (Å²) in [6, 6.07) is 0. The highest BCUT2D eigenvalue weighted by molar-refractivity contribution is 5.71. The topological polar surface area (TPSA) is 83.5 Å². The van der Waals surface area contributed by atoms with E-state index in [0.717, 1.165) is 17.4 Å². The number of hydrogen-bond acceptors (Lipinski definition) is 3. The van der Waals surface area contributed by atoms with Crippen LogP contribution >= 0.6 is 0 Å². The van der Waals surface area contributed by atoms with E-state index in [1.54, 1.807) is 0 Å². The zero-order valence-electron chi connectivity index (χ0n) is 21.5. The van der Waals surface area contributed by atoms with Gasteiger partial charge in [-0.05, 0) is 26.3 Å². The number of quaternary nitrogens is 1. The van der Waals surface area contributed by atoms with Gasteiger partial charge >= 0.3 is 5.97 Å². The Balaban J connectivity index is 0. The first-order chi connectivity index (χ1) is 14.8. The molecule has 0 saturated heterocycles. The molecule has 0 heterocycles. The van der Waals surface area contributed by atoms with E-state index >= 15 is 0 Å². The van der Waals surface area contributed by atoms with Crippen molar-refractivity contribution in [3.8, 4) is 0 Å². The minimum absolute atomic E-state index is 0.834. The summed E-state index contributed by atoms with van der Waals surface area (Å²) < 4.78 is 1.15. The van der Waals surface area contributed by atoms with E-state index in [2.05, 4.69) is 21.0 Å². The van der Waals surface area contributed by atoms with Crippen molar-refractivity contribution in [1.82, 2.24) is 0 Å². The zero-order valence-corrected chi connectivity index (χ0v) is 21.5. The number of nitrogens with two attached hydrogens (primary N) is 1. The SMILES string of the molecule is CC(O)C(=O)O.CCCCCCCCCCCCCCCCCC[N+](C)(C)CCCN. The van der Waals surface area contributed by atoms with Crippen molar-refractivity contribution in [3.63, 3.8) is 0 Å². The molecule has 0 bridgehead atoms. The lowest BCUT2D eigenvalue weighted by Crippen LogP contribution is -2.41. The predicted octanol–water partition coefficient (Wildman–Crippen LogP) is 6.12. The molecule has 0 spiro atoms. The number of aliphatic hydroxyl groups excluding tert-OH is 1. The van der Waals surface area contributed by atoms with Crippen LogP contribution in [0.5, 0.6) is 0 Å². The van der Waals surface area contributed by atoms with Crippen molar-refractivity contribution in [3.05, 3.63) is 0 Å². The number of nitrogens with zero attached hydrogens (tertiary/aromatic N) is 1. The van der Waals surface area contributed by atoms with Crippen molar-refractivity contribution < 1.29 is 19.5 Å². The number of carboxylic acid groups (broad SMARTS) is 1. The lowest BCUT2D eigenvalue weighted by Gasteiger charge is -2.29. The zero-order chi connectivity index (χ0) is 23.8. The van der Waals surface area contributed by atoms with Gasteiger partial charge in [-0.2, -0.15) is 0 Å². The third kappa shape index (κ3) is 29.4. The Hall–Kier alpha value is -0.650. The lowest BCUT2D eigenvalue weighted by atomic mass is 10.0. The first-order valence-electron chi connectivity index (χ1n) is 13.2. The Morgan fingerprint density at radius 2 is 1.00 bits per heavy atom. The van der Waals surface area contributed by atoms with Crippen LogP contribution in [-0.4, -0.2) is 60.5 Å². The number of aliphatic carboxylic acids is 1. The molecule has 0 aromatic carbocycles. The minimum atomic E-state index is -1.23. The van der Waals surface area contributed by atoms with Gasteiger partial charge in [0.2, 0.25) is 0 Å². The fourth-order valence-corrected chi connectivity index (χ4v) is 3.72. The molecule has 5 nitrogen and oxygen atoms in total. The number of carboxylic acids is 1. The van der Waals surface area contributed by atoms with E-state index < -0.39 is 12.1 Å². The number of unbranched alkanes of at least 4 members (excludes halogenated alkanes) is 15. The molecule has 0 rings (SSSR count). The average molecular weight is 446 g/mol. The summed E-state index contributed by atoms with van der Waals surface area (Å²) in [5.74, 6) is -1.19. The Morgan fingerprint density at radius 1 is 0.710 bits per heavy atom. The molecule has 0 aliphatic heterocycles. The summed E-state index contributed by atoms with van der Waals surface area (Å²) in [6.07, 6.45) is 23.1. The molecular weight excluding hydrogens is 388 g/mol. The van der Waals surface area contributed by atoms with Crippen molar-refractivity contribution in [2.45, 2.75) is 129 Å². The highest BCUT2D eigenvalue weighted by Gasteiger charge is 2.12. The van der Waals surface area contributed by atoms with Crippen LogP contribution in [0.3, 0.4) is 0 Å². The summed E-state index contributed by atoms with van der Waals surface area (Å²) in [5, 5.41) is 15.8. The van der Waals surface area contributed by atoms with Crippen LogP contribution in [0.1, 0.15) is 123 Å². The largest absolute Gasteiger partial charge is 0.479 e. The summed E-state index contributed by atoms with van der Waals surface area (Å²) in [5.41, 5.74) is 5.62. The van der Waals surface area contributed by atoms with Gasteiger partial charge in [0.15, 0.2) is 0 Å². The van der Waals surface area contributed by atoms with Gasteiger partial charge in [-0.1, -0.05) is 96.8 Å². The second-order valence-electron chi connectivity index (χ2n) is 9.84. The molecule has 1 atom stereocenters. The van der Waals surface area contributed by atoms with Gasteiger partial charge in [-0.3, -0.25) is 0 Å². The Labute approximate surface area is 194 Å². The molecule has 0 aromatic heterocycles. The van der Waals surface area contributed by atoms with Gasteiger partial charge in [0.25, 0.3) is 0 Å². The van der Waals surface area contributed by atoms with Crippen LogP contribution in [0.15, 0.2) is 0 Å². The second kappa shape index (κ2) is 24.0. The normalized spacial score (nSPS) is 12.3. The Morgan fingerprint density at radius 3 is 1.29 bits per heavy atom. The van der Waals surface area contributed by atoms with Gasteiger partial charge in [-0.15, -0.1) is 0 Å². The third-order valence-electron chi connectivity index (χ3n) is 5.94. The van der Waals surface area contributed by atoms with E-state index in [1.807, 2.05) is 0 Å². The van der Waals surface area contributed by atoms with Crippen LogP contribution < -0.4 is 5.73 Å². The molecule has 0 radical (unpaired) electrons. The van der Waals surface area contributed by atoms with Crippen molar-refractivity contribution in [1.29, 1.82) is 0 Å². The molecule has 0 fully saturated rings. The number of carbonyl (C=O) groups is 1. The predicted molar refractivity (Wildman–Crippen MR) is 134 cm³/mol. The maximum atomic E-state index is 9.45. The quantitative estimate of drug-likeness (QED) is 0.147. The molecular formula is C26H57N2O3+. The van der Waals surface area contributed by atoms with Crippen molar-refractivity contribution in [2.24, 2.45) is 5.73 Å². The van der Waals surface area contributed by atoms with Crippen LogP contribution in [0.4, 0.5) is 0 Å². The molecule has 0 aliphatic rings. The Bertz CT molecular complexity index is 374. The van der Waals surface area contributed by atoms with E-state index in [0.29, 0.717) is 0 Å². The highest BCUT2D eigenvalue weighted by Crippen LogP contribution is 2.14. The summed E-state index contributed by atoms with van der Waals surface area (Å²) in [6.45, 7) is 6.88. The summed E-state index contributed by atoms with van der Waals surface area (Å²) in [4.78, 5) is 9.45. The van der Waals surface area contributed by atoms with Crippen LogP contribution in [0, 0.1) is 0 Å². The standard InChI is InChI=1S/C23H51N2.C3H6O3/c1-4-5-6-7-8-9-10-11-12-13-14-15-16-17-18-19-22-25(2,3)23-20-21-24;1-2(4)3(5)6/h4-24H2,1-3H3;2,4H,1H3,(H,5,6)/q+1;. The van der Waals surface area contributed by atoms with E-state index in [4.69, 9.17) is 15.9 Å². The molecule has 188 valence electrons. The highest BCUT2D eigenvalue weighted by atomic mass is 16.4. The van der Waals surface area contributed by atoms with Crippen molar-refractivity contribution in [2.75, 3.05) is 33.7 Å². The fraction of sp³-hybridized carbons (Fsp3) is 0.962. The fourth-order valence-electron chi connectivity index (χ4n) is 3.72. The van der Waals surface area contributed by atoms with Crippen molar-refractivity contribution >= 4 is 5.97 Å². The second-order valence-corrected chi connectivity index (χ2v) is 9.84. The van der Waals surface area contributed by atoms with E-state index in [-0.39, 0.29) is 0 Å². The van der Waals surface area contributed by atoms with Crippen LogP contribution in [0.25, 0.3) is 0 Å². The van der Waals surface area contributed by atoms with Gasteiger partial charge in [0.1, 0.15) is 6.10 Å². The van der Waals surface area contributed by atoms with Gasteiger partial charge in [0, 0.05) is 6.42 Å². The molecule has 0 aliphatic carbocycles. The average Bonchev–Trinajstić information content (AvgIpc) is 2.72. The van der Waals surface area contributed by atoms with Crippen LogP contribution in [-0.2, 0) is 4.79 Å². The van der Waals surface area contributed by atoms with Gasteiger partial charge in [0.05, 0.1) is 27.2 Å². The summed E-state index contributed by atoms with van der Waals surface area (Å²) in [7, 11) is 4.70. The molecule has 5 heteroatoms. The Kier molecular flexibility index (Phi) is 25.2. The molecule has 0 aromatic rings.